The molecule has 0 spiro atoms. The highest BCUT2D eigenvalue weighted by Gasteiger charge is 2.30. The maximum atomic E-state index is 12.4. The average Bonchev–Trinajstić information content (AvgIpc) is 2.99. The average molecular weight is 324 g/mol. The minimum atomic E-state index is -0.364. The van der Waals surface area contributed by atoms with Gasteiger partial charge < -0.3 is 16.0 Å². The normalized spacial score (nSPS) is 23.2. The van der Waals surface area contributed by atoms with Crippen LogP contribution in [0.5, 0.6) is 0 Å². The Morgan fingerprint density at radius 2 is 2.14 bits per heavy atom. The Morgan fingerprint density at radius 3 is 2.91 bits per heavy atom. The minimum Gasteiger partial charge on any atom is -0.356 e. The number of benzene rings is 1. The molecule has 0 bridgehead atoms. The van der Waals surface area contributed by atoms with Crippen molar-refractivity contribution >= 4 is 29.9 Å². The number of hydrogen-bond donors (Lipinski definition) is 3. The number of fused-ring (bicyclic) bond motifs is 1. The van der Waals surface area contributed by atoms with Crippen LogP contribution in [-0.4, -0.2) is 31.4 Å². The Labute approximate surface area is 136 Å². The topological polar surface area (TPSA) is 70.2 Å². The Hall–Kier alpha value is -1.59. The molecule has 2 aliphatic rings. The first-order chi connectivity index (χ1) is 10.2. The molecule has 1 aromatic rings. The number of rotatable bonds is 4. The van der Waals surface area contributed by atoms with Crippen LogP contribution in [0.4, 0.5) is 5.69 Å². The zero-order valence-corrected chi connectivity index (χ0v) is 13.2. The van der Waals surface area contributed by atoms with Crippen LogP contribution < -0.4 is 16.0 Å². The van der Waals surface area contributed by atoms with Crippen molar-refractivity contribution in [2.24, 2.45) is 5.92 Å². The summed E-state index contributed by atoms with van der Waals surface area (Å²) in [6, 6.07) is 7.53. The van der Waals surface area contributed by atoms with Crippen LogP contribution in [0.3, 0.4) is 0 Å². The predicted molar refractivity (Wildman–Crippen MR) is 88.3 cm³/mol. The van der Waals surface area contributed by atoms with Crippen molar-refractivity contribution in [1.29, 1.82) is 0 Å². The lowest BCUT2D eigenvalue weighted by Crippen LogP contribution is -2.36. The third-order valence-corrected chi connectivity index (χ3v) is 4.33. The van der Waals surface area contributed by atoms with Gasteiger partial charge in [0.15, 0.2) is 0 Å². The van der Waals surface area contributed by atoms with Crippen molar-refractivity contribution in [3.05, 3.63) is 29.8 Å². The first-order valence-electron chi connectivity index (χ1n) is 7.61. The molecule has 2 heterocycles. The van der Waals surface area contributed by atoms with Crippen molar-refractivity contribution in [3.8, 4) is 0 Å². The zero-order valence-electron chi connectivity index (χ0n) is 12.4. The van der Waals surface area contributed by atoms with Gasteiger partial charge in [-0.1, -0.05) is 18.2 Å². The number of carbonyl (C=O) groups is 2. The van der Waals surface area contributed by atoms with Crippen LogP contribution in [0.15, 0.2) is 24.3 Å². The summed E-state index contributed by atoms with van der Waals surface area (Å²) in [5.74, 6) is 0.168. The van der Waals surface area contributed by atoms with E-state index < -0.39 is 0 Å². The summed E-state index contributed by atoms with van der Waals surface area (Å²) in [5.41, 5.74) is 1.67. The lowest BCUT2D eigenvalue weighted by atomic mass is 9.90. The molecule has 0 saturated carbocycles. The summed E-state index contributed by atoms with van der Waals surface area (Å²) in [7, 11) is 0. The molecule has 3 rings (SSSR count). The highest BCUT2D eigenvalue weighted by Crippen LogP contribution is 2.31. The van der Waals surface area contributed by atoms with Gasteiger partial charge in [-0.3, -0.25) is 9.59 Å². The number of hydrogen-bond acceptors (Lipinski definition) is 3. The van der Waals surface area contributed by atoms with E-state index in [1.165, 1.54) is 6.42 Å². The van der Waals surface area contributed by atoms with Gasteiger partial charge in [-0.15, -0.1) is 12.4 Å². The summed E-state index contributed by atoms with van der Waals surface area (Å²) < 4.78 is 0. The first kappa shape index (κ1) is 16.8. The van der Waals surface area contributed by atoms with E-state index in [-0.39, 0.29) is 36.6 Å². The standard InChI is InChI=1S/C16H21N3O2.ClH/c20-15-9-13(12-3-1-2-4-14(12)19-15)16(21)18-8-6-11-5-7-17-10-11;/h1-4,11,13,17H,5-10H2,(H,18,21)(H,19,20);1H. The van der Waals surface area contributed by atoms with E-state index in [2.05, 4.69) is 16.0 Å². The summed E-state index contributed by atoms with van der Waals surface area (Å²) in [4.78, 5) is 24.1. The number of halogens is 1. The smallest absolute Gasteiger partial charge is 0.228 e. The van der Waals surface area contributed by atoms with Crippen molar-refractivity contribution in [2.45, 2.75) is 25.2 Å². The molecule has 1 saturated heterocycles. The van der Waals surface area contributed by atoms with E-state index in [4.69, 9.17) is 0 Å². The molecular formula is C16H22ClN3O2. The maximum Gasteiger partial charge on any atom is 0.228 e. The van der Waals surface area contributed by atoms with Crippen LogP contribution >= 0.6 is 12.4 Å². The van der Waals surface area contributed by atoms with Gasteiger partial charge in [0.2, 0.25) is 11.8 Å². The monoisotopic (exact) mass is 323 g/mol. The number of anilines is 1. The lowest BCUT2D eigenvalue weighted by Gasteiger charge is -2.25. The van der Waals surface area contributed by atoms with Crippen LogP contribution in [0.1, 0.15) is 30.7 Å². The Morgan fingerprint density at radius 1 is 1.32 bits per heavy atom. The molecule has 2 unspecified atom stereocenters. The highest BCUT2D eigenvalue weighted by atomic mass is 35.5. The fourth-order valence-electron chi connectivity index (χ4n) is 3.13. The molecule has 2 aliphatic heterocycles. The van der Waals surface area contributed by atoms with Crippen molar-refractivity contribution in [1.82, 2.24) is 10.6 Å². The molecule has 0 aliphatic carbocycles. The van der Waals surface area contributed by atoms with Crippen molar-refractivity contribution in [3.63, 3.8) is 0 Å². The molecule has 0 radical (unpaired) electrons. The SMILES string of the molecule is Cl.O=C1CC(C(=O)NCCC2CCNC2)c2ccccc2N1. The predicted octanol–water partition coefficient (Wildman–Crippen LogP) is 1.65. The molecular weight excluding hydrogens is 302 g/mol. The van der Waals surface area contributed by atoms with E-state index >= 15 is 0 Å². The Balaban J connectivity index is 0.00000176. The molecule has 1 fully saturated rings. The molecule has 1 aromatic carbocycles. The molecule has 3 N–H and O–H groups in total. The number of amides is 2. The molecule has 5 nitrogen and oxygen atoms in total. The molecule has 2 amide bonds. The largest absolute Gasteiger partial charge is 0.356 e. The van der Waals surface area contributed by atoms with Crippen LogP contribution in [-0.2, 0) is 9.59 Å². The molecule has 2 atom stereocenters. The van der Waals surface area contributed by atoms with E-state index in [9.17, 15) is 9.59 Å². The second kappa shape index (κ2) is 7.61. The second-order valence-corrected chi connectivity index (χ2v) is 5.83. The highest BCUT2D eigenvalue weighted by molar-refractivity contribution is 6.01. The Bertz CT molecular complexity index is 544. The first-order valence-corrected chi connectivity index (χ1v) is 7.61. The summed E-state index contributed by atoms with van der Waals surface area (Å²) in [6.45, 7) is 2.81. The van der Waals surface area contributed by atoms with Gasteiger partial charge in [-0.05, 0) is 43.5 Å². The van der Waals surface area contributed by atoms with Gasteiger partial charge in [0.25, 0.3) is 0 Å². The van der Waals surface area contributed by atoms with E-state index in [1.807, 2.05) is 24.3 Å². The fourth-order valence-corrected chi connectivity index (χ4v) is 3.13. The van der Waals surface area contributed by atoms with E-state index in [1.54, 1.807) is 0 Å². The number of para-hydroxylation sites is 1. The van der Waals surface area contributed by atoms with Gasteiger partial charge in [0.1, 0.15) is 0 Å². The molecule has 6 heteroatoms. The van der Waals surface area contributed by atoms with Gasteiger partial charge in [-0.25, -0.2) is 0 Å². The maximum absolute atomic E-state index is 12.4. The Kier molecular flexibility index (Phi) is 5.80. The summed E-state index contributed by atoms with van der Waals surface area (Å²) in [6.07, 6.45) is 2.41. The molecule has 120 valence electrons. The zero-order chi connectivity index (χ0) is 14.7. The molecule has 0 aromatic heterocycles. The third-order valence-electron chi connectivity index (χ3n) is 4.33. The van der Waals surface area contributed by atoms with Crippen molar-refractivity contribution in [2.75, 3.05) is 25.0 Å². The van der Waals surface area contributed by atoms with Gasteiger partial charge >= 0.3 is 0 Å². The van der Waals surface area contributed by atoms with Gasteiger partial charge in [0.05, 0.1) is 5.92 Å². The quantitative estimate of drug-likeness (QED) is 0.789. The fraction of sp³-hybridized carbons (Fsp3) is 0.500. The summed E-state index contributed by atoms with van der Waals surface area (Å²) in [5, 5.41) is 9.14. The lowest BCUT2D eigenvalue weighted by molar-refractivity contribution is -0.126. The second-order valence-electron chi connectivity index (χ2n) is 5.83. The number of carbonyl (C=O) groups excluding carboxylic acids is 2. The third kappa shape index (κ3) is 3.78. The summed E-state index contributed by atoms with van der Waals surface area (Å²) >= 11 is 0. The minimum absolute atomic E-state index is 0. The number of nitrogens with one attached hydrogen (secondary N) is 3. The van der Waals surface area contributed by atoms with Crippen LogP contribution in [0.2, 0.25) is 0 Å². The molecule has 22 heavy (non-hydrogen) atoms. The van der Waals surface area contributed by atoms with Gasteiger partial charge in [-0.2, -0.15) is 0 Å². The van der Waals surface area contributed by atoms with E-state index in [0.717, 1.165) is 30.8 Å². The van der Waals surface area contributed by atoms with E-state index in [0.29, 0.717) is 12.5 Å². The van der Waals surface area contributed by atoms with Crippen LogP contribution in [0, 0.1) is 5.92 Å². The van der Waals surface area contributed by atoms with Crippen molar-refractivity contribution < 1.29 is 9.59 Å². The van der Waals surface area contributed by atoms with Crippen LogP contribution in [0.25, 0.3) is 0 Å². The van der Waals surface area contributed by atoms with Gasteiger partial charge in [0, 0.05) is 18.7 Å².